The summed E-state index contributed by atoms with van der Waals surface area (Å²) in [5.41, 5.74) is 16.2. The SMILES string of the molecule is c1ccc(-c2ccccc2-c2cccc3c2c2ccccc2n3-c2ccc3c(c2)c2ccccc2n3-c2cc(C(c3ccccc3)(c3ccccc3)c3ccccc3)c3sc4ccccc4c3c2)cc1. The quantitative estimate of drug-likeness (QED) is 0.134. The highest BCUT2D eigenvalue weighted by molar-refractivity contribution is 7.26. The molecule has 0 atom stereocenters. The fourth-order valence-electron chi connectivity index (χ4n) is 11.7. The van der Waals surface area contributed by atoms with E-state index in [1.165, 1.54) is 103 Å². The number of para-hydroxylation sites is 2. The van der Waals surface area contributed by atoms with E-state index in [2.05, 4.69) is 276 Å². The molecule has 0 saturated heterocycles. The van der Waals surface area contributed by atoms with Gasteiger partial charge in [0.2, 0.25) is 0 Å². The van der Waals surface area contributed by atoms with E-state index in [1.807, 2.05) is 11.3 Å². The van der Waals surface area contributed by atoms with Crippen molar-refractivity contribution >= 4 is 75.1 Å². The molecule has 14 rings (SSSR count). The Morgan fingerprint density at radius 2 is 0.786 bits per heavy atom. The van der Waals surface area contributed by atoms with Crippen LogP contribution in [0.1, 0.15) is 22.3 Å². The van der Waals surface area contributed by atoms with Crippen molar-refractivity contribution in [2.75, 3.05) is 0 Å². The molecule has 0 aliphatic carbocycles. The van der Waals surface area contributed by atoms with Crippen molar-refractivity contribution in [1.29, 1.82) is 0 Å². The molecule has 0 aliphatic rings. The van der Waals surface area contributed by atoms with Gasteiger partial charge in [-0.25, -0.2) is 0 Å². The molecule has 0 aliphatic heterocycles. The van der Waals surface area contributed by atoms with E-state index in [9.17, 15) is 0 Å². The third kappa shape index (κ3) is 6.05. The van der Waals surface area contributed by atoms with Gasteiger partial charge in [0.15, 0.2) is 0 Å². The van der Waals surface area contributed by atoms with Crippen LogP contribution in [0.2, 0.25) is 0 Å². The molecule has 0 unspecified atom stereocenters. The maximum Gasteiger partial charge on any atom is 0.0716 e. The summed E-state index contributed by atoms with van der Waals surface area (Å²) in [7, 11) is 0. The predicted molar refractivity (Wildman–Crippen MR) is 297 cm³/mol. The molecule has 14 aromatic rings. The number of aromatic nitrogens is 2. The van der Waals surface area contributed by atoms with E-state index in [-0.39, 0.29) is 0 Å². The minimum absolute atomic E-state index is 0.637. The van der Waals surface area contributed by atoms with Crippen LogP contribution in [0, 0.1) is 0 Å². The van der Waals surface area contributed by atoms with Crippen molar-refractivity contribution in [2.24, 2.45) is 0 Å². The molecule has 0 amide bonds. The second-order valence-electron chi connectivity index (χ2n) is 18.3. The maximum atomic E-state index is 2.51. The molecular weight excluding hydrogens is 865 g/mol. The van der Waals surface area contributed by atoms with Gasteiger partial charge in [-0.2, -0.15) is 0 Å². The molecule has 0 bridgehead atoms. The first-order chi connectivity index (χ1) is 34.8. The molecule has 0 N–H and O–H groups in total. The summed E-state index contributed by atoms with van der Waals surface area (Å²) in [4.78, 5) is 0. The lowest BCUT2D eigenvalue weighted by atomic mass is 9.65. The highest BCUT2D eigenvalue weighted by atomic mass is 32.1. The number of thiophene rings is 1. The Kier molecular flexibility index (Phi) is 9.33. The Hall–Kier alpha value is -8.76. The zero-order valence-electron chi connectivity index (χ0n) is 38.2. The largest absolute Gasteiger partial charge is 0.309 e. The Morgan fingerprint density at radius 3 is 1.47 bits per heavy atom. The van der Waals surface area contributed by atoms with Gasteiger partial charge >= 0.3 is 0 Å². The molecule has 0 saturated carbocycles. The maximum absolute atomic E-state index is 2.51. The summed E-state index contributed by atoms with van der Waals surface area (Å²) in [6.07, 6.45) is 0. The fraction of sp³-hybridized carbons (Fsp3) is 0.0149. The van der Waals surface area contributed by atoms with E-state index < -0.39 is 5.41 Å². The van der Waals surface area contributed by atoms with Gasteiger partial charge in [-0.3, -0.25) is 0 Å². The summed E-state index contributed by atoms with van der Waals surface area (Å²) in [6, 6.07) is 98.6. The molecule has 328 valence electrons. The summed E-state index contributed by atoms with van der Waals surface area (Å²) in [6.45, 7) is 0. The molecule has 3 heteroatoms. The fourth-order valence-corrected chi connectivity index (χ4v) is 13.0. The van der Waals surface area contributed by atoms with Gasteiger partial charge in [0.05, 0.1) is 27.5 Å². The van der Waals surface area contributed by atoms with Gasteiger partial charge in [0.25, 0.3) is 0 Å². The first-order valence-electron chi connectivity index (χ1n) is 24.1. The molecule has 0 spiro atoms. The van der Waals surface area contributed by atoms with Gasteiger partial charge in [-0.15, -0.1) is 11.3 Å². The zero-order valence-corrected chi connectivity index (χ0v) is 39.0. The molecule has 0 radical (unpaired) electrons. The average molecular weight is 909 g/mol. The first-order valence-corrected chi connectivity index (χ1v) is 24.9. The number of rotatable bonds is 8. The monoisotopic (exact) mass is 908 g/mol. The lowest BCUT2D eigenvalue weighted by Crippen LogP contribution is -2.31. The van der Waals surface area contributed by atoms with Gasteiger partial charge in [0.1, 0.15) is 0 Å². The van der Waals surface area contributed by atoms with Crippen molar-refractivity contribution in [3.05, 3.63) is 289 Å². The summed E-state index contributed by atoms with van der Waals surface area (Å²) >= 11 is 1.90. The van der Waals surface area contributed by atoms with Crippen LogP contribution < -0.4 is 0 Å². The Morgan fingerprint density at radius 1 is 0.300 bits per heavy atom. The lowest BCUT2D eigenvalue weighted by Gasteiger charge is -2.37. The van der Waals surface area contributed by atoms with Crippen molar-refractivity contribution in [3.63, 3.8) is 0 Å². The van der Waals surface area contributed by atoms with Gasteiger partial charge in [-0.1, -0.05) is 212 Å². The molecule has 3 aromatic heterocycles. The van der Waals surface area contributed by atoms with E-state index in [0.717, 1.165) is 16.9 Å². The normalized spacial score (nSPS) is 12.0. The minimum atomic E-state index is -0.637. The third-order valence-electron chi connectivity index (χ3n) is 14.7. The van der Waals surface area contributed by atoms with Gasteiger partial charge in [0, 0.05) is 53.1 Å². The van der Waals surface area contributed by atoms with Crippen molar-refractivity contribution in [3.8, 4) is 33.6 Å². The highest BCUT2D eigenvalue weighted by Gasteiger charge is 2.40. The van der Waals surface area contributed by atoms with Crippen molar-refractivity contribution in [1.82, 2.24) is 9.13 Å². The standard InChI is InChI=1S/C67H44N2S/c1-5-22-45(23-6-1)51-30-13-14-31-52(51)55-35-21-38-63-65(55)56-34-16-19-37-61(56)68(63)49-40-41-62-57(42-49)53-32-15-18-36-60(53)69(62)50-43-58-54-33-17-20-39-64(54)70-66(58)59(44-50)67(46-24-7-2-8-25-46,47-26-9-3-10-27-47)48-28-11-4-12-29-48/h1-44H. The lowest BCUT2D eigenvalue weighted by molar-refractivity contribution is 0.753. The number of benzene rings is 11. The zero-order chi connectivity index (χ0) is 46.2. The van der Waals surface area contributed by atoms with Crippen LogP contribution in [0.4, 0.5) is 0 Å². The molecule has 11 aromatic carbocycles. The van der Waals surface area contributed by atoms with Crippen LogP contribution in [-0.2, 0) is 5.41 Å². The summed E-state index contributed by atoms with van der Waals surface area (Å²) < 4.78 is 7.56. The Balaban J connectivity index is 1.04. The molecule has 3 heterocycles. The van der Waals surface area contributed by atoms with Crippen LogP contribution in [0.3, 0.4) is 0 Å². The van der Waals surface area contributed by atoms with Crippen molar-refractivity contribution in [2.45, 2.75) is 5.41 Å². The van der Waals surface area contributed by atoms with Crippen molar-refractivity contribution < 1.29 is 0 Å². The van der Waals surface area contributed by atoms with Crippen LogP contribution in [0.5, 0.6) is 0 Å². The van der Waals surface area contributed by atoms with Crippen LogP contribution in [0.25, 0.3) is 97.4 Å². The van der Waals surface area contributed by atoms with Gasteiger partial charge in [-0.05, 0) is 99.1 Å². The Bertz CT molecular complexity index is 4180. The molecule has 70 heavy (non-hydrogen) atoms. The Labute approximate surface area is 410 Å². The summed E-state index contributed by atoms with van der Waals surface area (Å²) in [5.74, 6) is 0. The van der Waals surface area contributed by atoms with E-state index in [1.54, 1.807) is 0 Å². The van der Waals surface area contributed by atoms with E-state index >= 15 is 0 Å². The van der Waals surface area contributed by atoms with E-state index in [4.69, 9.17) is 0 Å². The summed E-state index contributed by atoms with van der Waals surface area (Å²) in [5, 5.41) is 7.45. The van der Waals surface area contributed by atoms with E-state index in [0.29, 0.717) is 0 Å². The second-order valence-corrected chi connectivity index (χ2v) is 19.4. The average Bonchev–Trinajstić information content (AvgIpc) is 4.10. The van der Waals surface area contributed by atoms with Crippen LogP contribution in [-0.4, -0.2) is 9.13 Å². The second kappa shape index (κ2) is 16.2. The number of hydrogen-bond donors (Lipinski definition) is 0. The predicted octanol–water partition coefficient (Wildman–Crippen LogP) is 18.0. The molecule has 0 fully saturated rings. The van der Waals surface area contributed by atoms with Gasteiger partial charge < -0.3 is 9.13 Å². The number of fused-ring (bicyclic) bond motifs is 9. The highest BCUT2D eigenvalue weighted by Crippen LogP contribution is 2.52. The van der Waals surface area contributed by atoms with Crippen LogP contribution >= 0.6 is 11.3 Å². The minimum Gasteiger partial charge on any atom is -0.309 e. The molecule has 2 nitrogen and oxygen atoms in total. The number of hydrogen-bond acceptors (Lipinski definition) is 1. The van der Waals surface area contributed by atoms with Crippen LogP contribution in [0.15, 0.2) is 267 Å². The third-order valence-corrected chi connectivity index (χ3v) is 15.9. The topological polar surface area (TPSA) is 9.86 Å². The first kappa shape index (κ1) is 40.3. The number of nitrogens with zero attached hydrogens (tertiary/aromatic N) is 2. The molecular formula is C67H44N2S. The smallest absolute Gasteiger partial charge is 0.0716 e.